The van der Waals surface area contributed by atoms with Gasteiger partial charge in [0.25, 0.3) is 11.8 Å². The zero-order valence-electron chi connectivity index (χ0n) is 10.5. The van der Waals surface area contributed by atoms with Crippen LogP contribution in [0.5, 0.6) is 11.5 Å². The Bertz CT molecular complexity index is 665. The molecular formula is C13H11NO6. The van der Waals surface area contributed by atoms with E-state index in [1.807, 2.05) is 0 Å². The minimum Gasteiger partial charge on any atom is -0.507 e. The largest absolute Gasteiger partial charge is 0.507 e. The van der Waals surface area contributed by atoms with E-state index in [1.165, 1.54) is 13.0 Å². The predicted molar refractivity (Wildman–Crippen MR) is 64.8 cm³/mol. The Morgan fingerprint density at radius 2 is 2.15 bits per heavy atom. The molecule has 0 fully saturated rings. The summed E-state index contributed by atoms with van der Waals surface area (Å²) in [6.07, 6.45) is -0.447. The lowest BCUT2D eigenvalue weighted by molar-refractivity contribution is -0.143. The van der Waals surface area contributed by atoms with Gasteiger partial charge in [-0.1, -0.05) is 0 Å². The molecule has 3 rings (SSSR count). The molecule has 0 saturated carbocycles. The SMILES string of the molecule is C[C@@H](C(=O)O)[C@@H]1Cc2c(cc3c(c2O)C(=O)NC3=O)O1. The van der Waals surface area contributed by atoms with Crippen LogP contribution in [-0.2, 0) is 11.2 Å². The third-order valence-electron chi connectivity index (χ3n) is 3.69. The number of aromatic hydroxyl groups is 1. The highest BCUT2D eigenvalue weighted by Crippen LogP contribution is 2.42. The molecule has 0 radical (unpaired) electrons. The molecule has 2 amide bonds. The Kier molecular flexibility index (Phi) is 2.47. The van der Waals surface area contributed by atoms with E-state index in [0.29, 0.717) is 5.56 Å². The van der Waals surface area contributed by atoms with Crippen LogP contribution in [0.25, 0.3) is 0 Å². The molecule has 7 nitrogen and oxygen atoms in total. The first-order valence-corrected chi connectivity index (χ1v) is 6.04. The monoisotopic (exact) mass is 277 g/mol. The number of carbonyl (C=O) groups excluding carboxylic acids is 2. The summed E-state index contributed by atoms with van der Waals surface area (Å²) in [5, 5.41) is 21.2. The summed E-state index contributed by atoms with van der Waals surface area (Å²) in [6, 6.07) is 1.37. The molecule has 1 aromatic rings. The van der Waals surface area contributed by atoms with E-state index >= 15 is 0 Å². The van der Waals surface area contributed by atoms with Crippen molar-refractivity contribution in [1.29, 1.82) is 0 Å². The number of rotatable bonds is 2. The van der Waals surface area contributed by atoms with Crippen LogP contribution in [0.3, 0.4) is 0 Å². The van der Waals surface area contributed by atoms with Crippen molar-refractivity contribution in [1.82, 2.24) is 5.32 Å². The second kappa shape index (κ2) is 3.96. The quantitative estimate of drug-likeness (QED) is 0.670. The van der Waals surface area contributed by atoms with Crippen LogP contribution in [0.4, 0.5) is 0 Å². The fourth-order valence-electron chi connectivity index (χ4n) is 2.47. The molecule has 0 aliphatic carbocycles. The number of hydrogen-bond donors (Lipinski definition) is 3. The van der Waals surface area contributed by atoms with Gasteiger partial charge in [0.2, 0.25) is 0 Å². The number of hydrogen-bond acceptors (Lipinski definition) is 5. The molecule has 2 atom stereocenters. The lowest BCUT2D eigenvalue weighted by Gasteiger charge is -2.14. The minimum atomic E-state index is -1.01. The number of fused-ring (bicyclic) bond motifs is 2. The van der Waals surface area contributed by atoms with Gasteiger partial charge in [-0.3, -0.25) is 19.7 Å². The number of aliphatic carboxylic acids is 1. The van der Waals surface area contributed by atoms with Crippen molar-refractivity contribution >= 4 is 17.8 Å². The van der Waals surface area contributed by atoms with Crippen molar-refractivity contribution in [2.75, 3.05) is 0 Å². The summed E-state index contributed by atoms with van der Waals surface area (Å²) in [7, 11) is 0. The molecule has 1 aromatic carbocycles. The third-order valence-corrected chi connectivity index (χ3v) is 3.69. The molecule has 0 spiro atoms. The van der Waals surface area contributed by atoms with Gasteiger partial charge in [-0.15, -0.1) is 0 Å². The van der Waals surface area contributed by atoms with E-state index in [-0.39, 0.29) is 29.0 Å². The summed E-state index contributed by atoms with van der Waals surface area (Å²) in [4.78, 5) is 34.1. The fraction of sp³-hybridized carbons (Fsp3) is 0.308. The first-order valence-electron chi connectivity index (χ1n) is 6.04. The number of nitrogens with one attached hydrogen (secondary N) is 1. The number of carboxylic acids is 1. The number of ether oxygens (including phenoxy) is 1. The first-order chi connectivity index (χ1) is 9.40. The van der Waals surface area contributed by atoms with Crippen molar-refractivity contribution in [3.05, 3.63) is 22.8 Å². The molecular weight excluding hydrogens is 266 g/mol. The van der Waals surface area contributed by atoms with Crippen molar-refractivity contribution < 1.29 is 29.3 Å². The topological polar surface area (TPSA) is 113 Å². The summed E-state index contributed by atoms with van der Waals surface area (Å²) in [6.45, 7) is 1.50. The summed E-state index contributed by atoms with van der Waals surface area (Å²) >= 11 is 0. The van der Waals surface area contributed by atoms with Crippen molar-refractivity contribution in [2.24, 2.45) is 5.92 Å². The van der Waals surface area contributed by atoms with Crippen LogP contribution < -0.4 is 10.1 Å². The minimum absolute atomic E-state index is 0.0508. The van der Waals surface area contributed by atoms with Crippen LogP contribution in [-0.4, -0.2) is 34.1 Å². The Balaban J connectivity index is 2.05. The number of benzene rings is 1. The molecule has 7 heteroatoms. The van der Waals surface area contributed by atoms with Crippen LogP contribution in [0.15, 0.2) is 6.07 Å². The lowest BCUT2D eigenvalue weighted by Crippen LogP contribution is -2.29. The van der Waals surface area contributed by atoms with Gasteiger partial charge in [0.05, 0.1) is 17.0 Å². The van der Waals surface area contributed by atoms with Gasteiger partial charge < -0.3 is 14.9 Å². The van der Waals surface area contributed by atoms with Gasteiger partial charge in [0, 0.05) is 12.0 Å². The van der Waals surface area contributed by atoms with E-state index in [1.54, 1.807) is 0 Å². The van der Waals surface area contributed by atoms with E-state index in [4.69, 9.17) is 9.84 Å². The molecule has 0 unspecified atom stereocenters. The Morgan fingerprint density at radius 1 is 1.45 bits per heavy atom. The highest BCUT2D eigenvalue weighted by Gasteiger charge is 2.39. The summed E-state index contributed by atoms with van der Waals surface area (Å²) in [5.41, 5.74) is 0.350. The van der Waals surface area contributed by atoms with Crippen molar-refractivity contribution in [3.8, 4) is 11.5 Å². The van der Waals surface area contributed by atoms with Gasteiger partial charge in [0.1, 0.15) is 17.6 Å². The van der Waals surface area contributed by atoms with Crippen LogP contribution in [0.2, 0.25) is 0 Å². The summed E-state index contributed by atoms with van der Waals surface area (Å²) in [5.74, 6) is -3.07. The second-order valence-electron chi connectivity index (χ2n) is 4.90. The Hall–Kier alpha value is -2.57. The highest BCUT2D eigenvalue weighted by molar-refractivity contribution is 6.23. The fourth-order valence-corrected chi connectivity index (χ4v) is 2.47. The van der Waals surface area contributed by atoms with Gasteiger partial charge in [-0.25, -0.2) is 0 Å². The van der Waals surface area contributed by atoms with E-state index in [9.17, 15) is 19.5 Å². The zero-order chi connectivity index (χ0) is 14.6. The smallest absolute Gasteiger partial charge is 0.309 e. The number of phenolic OH excluding ortho intramolecular Hbond substituents is 1. The van der Waals surface area contributed by atoms with Gasteiger partial charge in [0.15, 0.2) is 0 Å². The van der Waals surface area contributed by atoms with Gasteiger partial charge in [-0.2, -0.15) is 0 Å². The van der Waals surface area contributed by atoms with Crippen LogP contribution >= 0.6 is 0 Å². The Morgan fingerprint density at radius 3 is 2.80 bits per heavy atom. The van der Waals surface area contributed by atoms with Crippen LogP contribution in [0.1, 0.15) is 33.2 Å². The average Bonchev–Trinajstić information content (AvgIpc) is 2.91. The van der Waals surface area contributed by atoms with Gasteiger partial charge in [-0.05, 0) is 13.0 Å². The van der Waals surface area contributed by atoms with Crippen LogP contribution in [0, 0.1) is 5.92 Å². The van der Waals surface area contributed by atoms with E-state index < -0.39 is 29.8 Å². The maximum Gasteiger partial charge on any atom is 0.309 e. The maximum absolute atomic E-state index is 11.6. The molecule has 3 N–H and O–H groups in total. The predicted octanol–water partition coefficient (Wildman–Crippen LogP) is 0.300. The molecule has 2 aliphatic rings. The van der Waals surface area contributed by atoms with Crippen molar-refractivity contribution in [2.45, 2.75) is 19.4 Å². The molecule has 2 heterocycles. The lowest BCUT2D eigenvalue weighted by atomic mass is 9.96. The third kappa shape index (κ3) is 1.56. The number of phenols is 1. The Labute approximate surface area is 113 Å². The molecule has 104 valence electrons. The summed E-state index contributed by atoms with van der Waals surface area (Å²) < 4.78 is 5.49. The number of imide groups is 1. The maximum atomic E-state index is 11.6. The van der Waals surface area contributed by atoms with Crippen molar-refractivity contribution in [3.63, 3.8) is 0 Å². The number of amides is 2. The standard InChI is InChI=1S/C13H11NO6/c1-4(13(18)19)7-2-5-8(20-7)3-6-9(10(5)15)12(17)14-11(6)16/h3-4,7,15H,2H2,1H3,(H,18,19)(H,14,16,17)/t4-,7+/m1/s1. The average molecular weight is 277 g/mol. The number of carbonyl (C=O) groups is 3. The van der Waals surface area contributed by atoms with E-state index in [2.05, 4.69) is 5.32 Å². The normalized spacial score (nSPS) is 20.9. The second-order valence-corrected chi connectivity index (χ2v) is 4.90. The highest BCUT2D eigenvalue weighted by atomic mass is 16.5. The molecule has 0 bridgehead atoms. The molecule has 0 saturated heterocycles. The molecule has 0 aromatic heterocycles. The van der Waals surface area contributed by atoms with E-state index in [0.717, 1.165) is 0 Å². The molecule has 2 aliphatic heterocycles. The zero-order valence-corrected chi connectivity index (χ0v) is 10.5. The first kappa shape index (κ1) is 12.5. The number of carboxylic acid groups (broad SMARTS) is 1. The van der Waals surface area contributed by atoms with Gasteiger partial charge >= 0.3 is 5.97 Å². The molecule has 20 heavy (non-hydrogen) atoms.